The lowest BCUT2D eigenvalue weighted by Crippen LogP contribution is -2.39. The van der Waals surface area contributed by atoms with Crippen LogP contribution in [0, 0.1) is 11.6 Å². The van der Waals surface area contributed by atoms with Gasteiger partial charge in [-0.2, -0.15) is 0 Å². The number of rotatable bonds is 9. The fraction of sp³-hybridized carbons (Fsp3) is 0.364. The van der Waals surface area contributed by atoms with Gasteiger partial charge in [-0.05, 0) is 37.4 Å². The van der Waals surface area contributed by atoms with Crippen LogP contribution in [0.3, 0.4) is 0 Å². The molecule has 32 heavy (non-hydrogen) atoms. The summed E-state index contributed by atoms with van der Waals surface area (Å²) in [6.07, 6.45) is 0. The quantitative estimate of drug-likeness (QED) is 0.427. The van der Waals surface area contributed by atoms with E-state index in [9.17, 15) is 13.6 Å². The zero-order valence-corrected chi connectivity index (χ0v) is 20.0. The molecule has 0 aliphatic carbocycles. The molecule has 10 heteroatoms. The Balaban J connectivity index is 0.00000363. The van der Waals surface area contributed by atoms with E-state index in [0.29, 0.717) is 41.3 Å². The summed E-state index contributed by atoms with van der Waals surface area (Å²) >= 11 is 1.26. The number of halogens is 3. The molecule has 174 valence electrons. The summed E-state index contributed by atoms with van der Waals surface area (Å²) in [5.74, 6) is -1.08. The van der Waals surface area contributed by atoms with E-state index in [1.165, 1.54) is 23.3 Å². The van der Waals surface area contributed by atoms with Crippen molar-refractivity contribution in [2.45, 2.75) is 13.8 Å². The lowest BCUT2D eigenvalue weighted by Gasteiger charge is -2.24. The highest BCUT2D eigenvalue weighted by atomic mass is 35.5. The highest BCUT2D eigenvalue weighted by molar-refractivity contribution is 7.22. The predicted molar refractivity (Wildman–Crippen MR) is 126 cm³/mol. The van der Waals surface area contributed by atoms with Crippen LogP contribution >= 0.6 is 23.7 Å². The van der Waals surface area contributed by atoms with Crippen LogP contribution in [0.15, 0.2) is 30.3 Å². The fourth-order valence-corrected chi connectivity index (χ4v) is 4.36. The van der Waals surface area contributed by atoms with E-state index in [4.69, 9.17) is 9.47 Å². The number of hydrogen-bond acceptors (Lipinski definition) is 6. The Morgan fingerprint density at radius 1 is 1.03 bits per heavy atom. The molecular weight excluding hydrogens is 460 g/mol. The summed E-state index contributed by atoms with van der Waals surface area (Å²) in [5, 5.41) is 0.388. The standard InChI is InChI=1S/C22H25F2N3O3S.ClH/c1-5-26(6-2)11-12-27(21(28)15-8-7-14(23)13-16(15)24)22-25-19-17(29-3)9-10-18(30-4)20(19)31-22;/h7-10,13H,5-6,11-12H2,1-4H3;1H. The van der Waals surface area contributed by atoms with Gasteiger partial charge >= 0.3 is 0 Å². The number of benzene rings is 2. The maximum atomic E-state index is 14.4. The number of likely N-dealkylation sites (N-methyl/N-ethyl adjacent to an activating group) is 1. The Hall–Kier alpha value is -2.49. The Morgan fingerprint density at radius 3 is 2.28 bits per heavy atom. The molecule has 6 nitrogen and oxygen atoms in total. The zero-order chi connectivity index (χ0) is 22.5. The van der Waals surface area contributed by atoms with Gasteiger partial charge in [0.2, 0.25) is 0 Å². The van der Waals surface area contributed by atoms with Crippen LogP contribution in [0.1, 0.15) is 24.2 Å². The van der Waals surface area contributed by atoms with Crippen LogP contribution in [0.25, 0.3) is 10.2 Å². The summed E-state index contributed by atoms with van der Waals surface area (Å²) in [5.41, 5.74) is 0.348. The van der Waals surface area contributed by atoms with Gasteiger partial charge in [-0.25, -0.2) is 13.8 Å². The van der Waals surface area contributed by atoms with Gasteiger partial charge in [0, 0.05) is 19.2 Å². The Morgan fingerprint density at radius 2 is 1.69 bits per heavy atom. The Bertz CT molecular complexity index is 1040. The van der Waals surface area contributed by atoms with Gasteiger partial charge in [0.1, 0.15) is 33.4 Å². The number of thiazole rings is 1. The average molecular weight is 486 g/mol. The minimum atomic E-state index is -0.908. The van der Waals surface area contributed by atoms with Gasteiger partial charge in [0.15, 0.2) is 5.13 Å². The van der Waals surface area contributed by atoms with Gasteiger partial charge in [0.25, 0.3) is 5.91 Å². The van der Waals surface area contributed by atoms with Crippen LogP contribution in [-0.2, 0) is 0 Å². The number of fused-ring (bicyclic) bond motifs is 1. The van der Waals surface area contributed by atoms with Crippen molar-refractivity contribution in [3.05, 3.63) is 47.5 Å². The second-order valence-corrected chi connectivity index (χ2v) is 7.73. The minimum Gasteiger partial charge on any atom is -0.495 e. The molecule has 0 aliphatic heterocycles. The van der Waals surface area contributed by atoms with Crippen LogP contribution in [0.2, 0.25) is 0 Å². The van der Waals surface area contributed by atoms with E-state index in [2.05, 4.69) is 9.88 Å². The molecule has 0 atom stereocenters. The van der Waals surface area contributed by atoms with Gasteiger partial charge in [-0.15, -0.1) is 12.4 Å². The van der Waals surface area contributed by atoms with Gasteiger partial charge in [0.05, 0.1) is 19.8 Å². The number of aromatic nitrogens is 1. The summed E-state index contributed by atoms with van der Waals surface area (Å²) < 4.78 is 39.3. The smallest absolute Gasteiger partial charge is 0.263 e. The largest absolute Gasteiger partial charge is 0.495 e. The summed E-state index contributed by atoms with van der Waals surface area (Å²) in [7, 11) is 3.09. The van der Waals surface area contributed by atoms with Crippen molar-refractivity contribution in [1.82, 2.24) is 9.88 Å². The van der Waals surface area contributed by atoms with Crippen LogP contribution < -0.4 is 14.4 Å². The molecule has 0 saturated heterocycles. The lowest BCUT2D eigenvalue weighted by molar-refractivity contribution is 0.0980. The number of nitrogens with zero attached hydrogens (tertiary/aromatic N) is 3. The highest BCUT2D eigenvalue weighted by Crippen LogP contribution is 2.40. The predicted octanol–water partition coefficient (Wildman–Crippen LogP) is 5.00. The minimum absolute atomic E-state index is 0. The van der Waals surface area contributed by atoms with E-state index < -0.39 is 17.5 Å². The Kier molecular flexibility index (Phi) is 9.18. The molecule has 0 spiro atoms. The molecule has 0 aliphatic rings. The molecule has 0 N–H and O–H groups in total. The third-order valence-electron chi connectivity index (χ3n) is 5.07. The molecule has 0 saturated carbocycles. The van der Waals surface area contributed by atoms with Crippen LogP contribution in [0.4, 0.5) is 13.9 Å². The van der Waals surface area contributed by atoms with Crippen molar-refractivity contribution >= 4 is 45.0 Å². The molecule has 1 heterocycles. The van der Waals surface area contributed by atoms with Crippen molar-refractivity contribution in [3.63, 3.8) is 0 Å². The first kappa shape index (κ1) is 25.8. The maximum absolute atomic E-state index is 14.4. The monoisotopic (exact) mass is 485 g/mol. The summed E-state index contributed by atoms with van der Waals surface area (Å²) in [6.45, 7) is 6.55. The number of hydrogen-bond donors (Lipinski definition) is 0. The van der Waals surface area contributed by atoms with Crippen molar-refractivity contribution in [2.75, 3.05) is 45.3 Å². The molecule has 3 rings (SSSR count). The molecule has 2 aromatic carbocycles. The molecule has 1 aromatic heterocycles. The molecule has 1 amide bonds. The second kappa shape index (κ2) is 11.4. The van der Waals surface area contributed by atoms with Gasteiger partial charge < -0.3 is 14.4 Å². The fourth-order valence-electron chi connectivity index (χ4n) is 3.26. The molecule has 0 fully saturated rings. The van der Waals surface area contributed by atoms with E-state index >= 15 is 0 Å². The molecule has 3 aromatic rings. The average Bonchev–Trinajstić information content (AvgIpc) is 3.20. The topological polar surface area (TPSA) is 54.9 Å². The Labute approximate surface area is 196 Å². The molecule has 0 bridgehead atoms. The normalized spacial score (nSPS) is 10.8. The second-order valence-electron chi connectivity index (χ2n) is 6.75. The number of methoxy groups -OCH3 is 2. The van der Waals surface area contributed by atoms with Crippen molar-refractivity contribution in [3.8, 4) is 11.5 Å². The van der Waals surface area contributed by atoms with Crippen molar-refractivity contribution in [2.24, 2.45) is 0 Å². The number of amides is 1. The van der Waals surface area contributed by atoms with E-state index in [1.54, 1.807) is 19.2 Å². The number of ether oxygens (including phenoxy) is 2. The van der Waals surface area contributed by atoms with Gasteiger partial charge in [-0.3, -0.25) is 9.69 Å². The molecule has 0 radical (unpaired) electrons. The van der Waals surface area contributed by atoms with Crippen molar-refractivity contribution in [1.29, 1.82) is 0 Å². The number of anilines is 1. The van der Waals surface area contributed by atoms with E-state index in [0.717, 1.165) is 29.9 Å². The third kappa shape index (κ3) is 5.28. The molecular formula is C22H26ClF2N3O3S. The van der Waals surface area contributed by atoms with E-state index in [1.807, 2.05) is 13.8 Å². The first-order chi connectivity index (χ1) is 14.9. The lowest BCUT2D eigenvalue weighted by atomic mass is 10.2. The highest BCUT2D eigenvalue weighted by Gasteiger charge is 2.26. The summed E-state index contributed by atoms with van der Waals surface area (Å²) in [4.78, 5) is 21.5. The number of carbonyl (C=O) groups excluding carboxylic acids is 1. The summed E-state index contributed by atoms with van der Waals surface area (Å²) in [6, 6.07) is 6.45. The molecule has 0 unspecified atom stereocenters. The van der Waals surface area contributed by atoms with Gasteiger partial charge in [-0.1, -0.05) is 25.2 Å². The zero-order valence-electron chi connectivity index (χ0n) is 18.4. The number of carbonyl (C=O) groups is 1. The van der Waals surface area contributed by atoms with Crippen molar-refractivity contribution < 1.29 is 23.0 Å². The first-order valence-electron chi connectivity index (χ1n) is 9.94. The first-order valence-corrected chi connectivity index (χ1v) is 10.8. The third-order valence-corrected chi connectivity index (χ3v) is 6.16. The SMILES string of the molecule is CCN(CC)CCN(C(=O)c1ccc(F)cc1F)c1nc2c(OC)ccc(OC)c2s1.Cl. The van der Waals surface area contributed by atoms with Crippen LogP contribution in [-0.4, -0.2) is 56.2 Å². The van der Waals surface area contributed by atoms with E-state index in [-0.39, 0.29) is 18.0 Å². The van der Waals surface area contributed by atoms with Crippen LogP contribution in [0.5, 0.6) is 11.5 Å². The maximum Gasteiger partial charge on any atom is 0.263 e.